The normalized spacial score (nSPS) is 14.3. The van der Waals surface area contributed by atoms with Gasteiger partial charge in [-0.3, -0.25) is 19.2 Å². The van der Waals surface area contributed by atoms with Crippen LogP contribution in [-0.2, 0) is 32.0 Å². The quantitative estimate of drug-likeness (QED) is 0.119. The monoisotopic (exact) mass is 547 g/mol. The maximum absolute atomic E-state index is 12.8. The number of carbonyl (C=O) groups excluding carboxylic acids is 4. The van der Waals surface area contributed by atoms with Gasteiger partial charge in [0.05, 0.1) is 18.7 Å². The molecular weight excluding hydrogens is 514 g/mol. The molecule has 0 bridgehead atoms. The molecule has 0 aliphatic carbocycles. The van der Waals surface area contributed by atoms with Gasteiger partial charge in [0.25, 0.3) is 0 Å². The molecule has 0 radical (unpaired) electrons. The molecule has 2 aromatic carbocycles. The second-order valence-corrected chi connectivity index (χ2v) is 9.70. The van der Waals surface area contributed by atoms with Crippen molar-refractivity contribution in [1.82, 2.24) is 25.9 Å². The first-order chi connectivity index (χ1) is 19.1. The molecule has 0 fully saturated rings. The van der Waals surface area contributed by atoms with Crippen LogP contribution in [0.4, 0.5) is 0 Å². The van der Waals surface area contributed by atoms with Crippen LogP contribution < -0.4 is 27.4 Å². The highest BCUT2D eigenvalue weighted by Crippen LogP contribution is 2.20. The number of nitrogens with one attached hydrogen (secondary N) is 5. The fourth-order valence-corrected chi connectivity index (χ4v) is 4.56. The van der Waals surface area contributed by atoms with E-state index >= 15 is 0 Å². The molecule has 4 amide bonds. The summed E-state index contributed by atoms with van der Waals surface area (Å²) in [5, 5.41) is 19.3. The van der Waals surface area contributed by atoms with Crippen LogP contribution in [-0.4, -0.2) is 69.5 Å². The molecule has 2 heterocycles. The fraction of sp³-hybridized carbons (Fsp3) is 0.286. The zero-order valence-corrected chi connectivity index (χ0v) is 21.9. The lowest BCUT2D eigenvalue weighted by Gasteiger charge is -2.23. The van der Waals surface area contributed by atoms with E-state index in [9.17, 15) is 24.3 Å². The second-order valence-electron chi connectivity index (χ2n) is 9.70. The van der Waals surface area contributed by atoms with E-state index in [0.717, 1.165) is 32.9 Å². The smallest absolute Gasteiger partial charge is 0.245 e. The molecular formula is C28H33N7O5. The van der Waals surface area contributed by atoms with E-state index in [4.69, 9.17) is 11.5 Å². The Labute approximate surface area is 229 Å². The fourth-order valence-electron chi connectivity index (χ4n) is 4.56. The molecule has 4 atom stereocenters. The molecule has 40 heavy (non-hydrogen) atoms. The Morgan fingerprint density at radius 2 is 1.40 bits per heavy atom. The Hall–Kier alpha value is -4.68. The standard InChI is InChI=1S/C28H33N7O5/c1-15(36)25(35-27(39)20(29)10-16-12-31-21-8-4-2-6-18(16)21)28(40)33-14-24(37)34-23(26(30)38)11-17-13-32-22-9-5-3-7-19(17)22/h2-9,12-13,15,20,23,25,31-32,36H,10-11,14,29H2,1H3,(H2,30,38)(H,33,40)(H,34,37)(H,35,39)/t15-,20+,23+,25+/m1/s1. The van der Waals surface area contributed by atoms with E-state index in [0.29, 0.717) is 0 Å². The van der Waals surface area contributed by atoms with Gasteiger partial charge in [0.1, 0.15) is 12.1 Å². The molecule has 10 N–H and O–H groups in total. The van der Waals surface area contributed by atoms with Crippen LogP contribution in [0.25, 0.3) is 21.8 Å². The first-order valence-corrected chi connectivity index (χ1v) is 12.8. The number of primary amides is 1. The number of nitrogens with two attached hydrogens (primary N) is 2. The lowest BCUT2D eigenvalue weighted by molar-refractivity contribution is -0.133. The van der Waals surface area contributed by atoms with Crippen molar-refractivity contribution in [2.75, 3.05) is 6.54 Å². The summed E-state index contributed by atoms with van der Waals surface area (Å²) in [6, 6.07) is 11.7. The summed E-state index contributed by atoms with van der Waals surface area (Å²) in [4.78, 5) is 56.3. The van der Waals surface area contributed by atoms with Crippen LogP contribution in [0.3, 0.4) is 0 Å². The van der Waals surface area contributed by atoms with Gasteiger partial charge in [-0.05, 0) is 36.6 Å². The Morgan fingerprint density at radius 3 is 1.95 bits per heavy atom. The number of amides is 4. The summed E-state index contributed by atoms with van der Waals surface area (Å²) in [5.41, 5.74) is 15.0. The number of para-hydroxylation sites is 2. The predicted molar refractivity (Wildman–Crippen MR) is 150 cm³/mol. The number of aliphatic hydroxyl groups excluding tert-OH is 1. The number of aliphatic hydroxyl groups is 1. The SMILES string of the molecule is C[C@@H](O)[C@H](NC(=O)[C@@H](N)Cc1c[nH]c2ccccc12)C(=O)NCC(=O)N[C@@H](Cc1c[nH]c2ccccc12)C(N)=O. The van der Waals surface area contributed by atoms with Crippen LogP contribution in [0.2, 0.25) is 0 Å². The number of rotatable bonds is 12. The van der Waals surface area contributed by atoms with Gasteiger partial charge in [-0.1, -0.05) is 36.4 Å². The minimum absolute atomic E-state index is 0.152. The molecule has 4 rings (SSSR count). The minimum atomic E-state index is -1.35. The van der Waals surface area contributed by atoms with Gasteiger partial charge in [0.15, 0.2) is 0 Å². The Morgan fingerprint density at radius 1 is 0.850 bits per heavy atom. The zero-order chi connectivity index (χ0) is 28.8. The zero-order valence-electron chi connectivity index (χ0n) is 21.9. The molecule has 0 spiro atoms. The van der Waals surface area contributed by atoms with E-state index < -0.39 is 54.4 Å². The van der Waals surface area contributed by atoms with Crippen molar-refractivity contribution in [1.29, 1.82) is 0 Å². The van der Waals surface area contributed by atoms with Gasteiger partial charge in [0, 0.05) is 40.6 Å². The summed E-state index contributed by atoms with van der Waals surface area (Å²) in [7, 11) is 0. The summed E-state index contributed by atoms with van der Waals surface area (Å²) >= 11 is 0. The number of aromatic amines is 2. The minimum Gasteiger partial charge on any atom is -0.391 e. The topological polar surface area (TPSA) is 208 Å². The average molecular weight is 548 g/mol. The van der Waals surface area contributed by atoms with Gasteiger partial charge >= 0.3 is 0 Å². The van der Waals surface area contributed by atoms with Crippen LogP contribution in [0.5, 0.6) is 0 Å². The van der Waals surface area contributed by atoms with Gasteiger partial charge in [-0.15, -0.1) is 0 Å². The maximum atomic E-state index is 12.8. The molecule has 0 saturated heterocycles. The molecule has 0 unspecified atom stereocenters. The molecule has 0 aliphatic rings. The second kappa shape index (κ2) is 12.5. The number of carbonyl (C=O) groups is 4. The number of fused-ring (bicyclic) bond motifs is 2. The number of H-pyrrole nitrogens is 2. The Balaban J connectivity index is 1.31. The highest BCUT2D eigenvalue weighted by atomic mass is 16.3. The first kappa shape index (κ1) is 28.3. The van der Waals surface area contributed by atoms with Crippen LogP contribution in [0.1, 0.15) is 18.1 Å². The molecule has 0 aliphatic heterocycles. The number of benzene rings is 2. The lowest BCUT2D eigenvalue weighted by atomic mass is 10.0. The van der Waals surface area contributed by atoms with Gasteiger partial charge in [-0.2, -0.15) is 0 Å². The van der Waals surface area contributed by atoms with Crippen molar-refractivity contribution in [2.45, 2.75) is 44.0 Å². The van der Waals surface area contributed by atoms with Crippen molar-refractivity contribution in [2.24, 2.45) is 11.5 Å². The average Bonchev–Trinajstić information content (AvgIpc) is 3.53. The largest absolute Gasteiger partial charge is 0.391 e. The van der Waals surface area contributed by atoms with Gasteiger partial charge in [0.2, 0.25) is 23.6 Å². The molecule has 12 nitrogen and oxygen atoms in total. The van der Waals surface area contributed by atoms with E-state index in [1.807, 2.05) is 48.5 Å². The van der Waals surface area contributed by atoms with Crippen LogP contribution in [0.15, 0.2) is 60.9 Å². The number of aromatic nitrogens is 2. The molecule has 0 saturated carbocycles. The lowest BCUT2D eigenvalue weighted by Crippen LogP contribution is -2.57. The third kappa shape index (κ3) is 6.65. The third-order valence-electron chi connectivity index (χ3n) is 6.71. The predicted octanol–water partition coefficient (Wildman–Crippen LogP) is -0.286. The maximum Gasteiger partial charge on any atom is 0.245 e. The van der Waals surface area contributed by atoms with E-state index in [1.165, 1.54) is 6.92 Å². The highest BCUT2D eigenvalue weighted by Gasteiger charge is 2.29. The molecule has 210 valence electrons. The first-order valence-electron chi connectivity index (χ1n) is 12.8. The van der Waals surface area contributed by atoms with Crippen LogP contribution >= 0.6 is 0 Å². The highest BCUT2D eigenvalue weighted by molar-refractivity contribution is 5.94. The van der Waals surface area contributed by atoms with E-state index in [2.05, 4.69) is 25.9 Å². The van der Waals surface area contributed by atoms with Crippen molar-refractivity contribution in [3.8, 4) is 0 Å². The Bertz CT molecular complexity index is 1530. The van der Waals surface area contributed by atoms with Crippen molar-refractivity contribution in [3.63, 3.8) is 0 Å². The van der Waals surface area contributed by atoms with Crippen molar-refractivity contribution in [3.05, 3.63) is 72.1 Å². The van der Waals surface area contributed by atoms with Crippen molar-refractivity contribution < 1.29 is 24.3 Å². The summed E-state index contributed by atoms with van der Waals surface area (Å²) in [6.07, 6.45) is 2.60. The van der Waals surface area contributed by atoms with Crippen molar-refractivity contribution >= 4 is 45.4 Å². The number of hydrogen-bond acceptors (Lipinski definition) is 6. The number of hydrogen-bond donors (Lipinski definition) is 8. The van der Waals surface area contributed by atoms with E-state index in [-0.39, 0.29) is 12.8 Å². The van der Waals surface area contributed by atoms with E-state index in [1.54, 1.807) is 12.4 Å². The Kier molecular flexibility index (Phi) is 8.82. The molecule has 12 heteroatoms. The van der Waals surface area contributed by atoms with Crippen LogP contribution in [0, 0.1) is 0 Å². The summed E-state index contributed by atoms with van der Waals surface area (Å²) in [5.74, 6) is -2.82. The third-order valence-corrected chi connectivity index (χ3v) is 6.71. The molecule has 2 aromatic heterocycles. The van der Waals surface area contributed by atoms with Gasteiger partial charge in [-0.25, -0.2) is 0 Å². The molecule has 4 aromatic rings. The van der Waals surface area contributed by atoms with Gasteiger partial charge < -0.3 is 42.5 Å². The summed E-state index contributed by atoms with van der Waals surface area (Å²) in [6.45, 7) is 0.830. The summed E-state index contributed by atoms with van der Waals surface area (Å²) < 4.78 is 0.